The first kappa shape index (κ1) is 12.6. The summed E-state index contributed by atoms with van der Waals surface area (Å²) in [5.41, 5.74) is 0.651. The van der Waals surface area contributed by atoms with E-state index in [2.05, 4.69) is 26.3 Å². The number of methoxy groups -OCH3 is 1. The Morgan fingerprint density at radius 1 is 1.65 bits per heavy atom. The molecule has 0 atom stereocenters. The van der Waals surface area contributed by atoms with Crippen LogP contribution in [0, 0.1) is 5.92 Å². The Labute approximate surface area is 108 Å². The third kappa shape index (κ3) is 3.29. The Morgan fingerprint density at radius 2 is 2.41 bits per heavy atom. The molecule has 0 bridgehead atoms. The van der Waals surface area contributed by atoms with Crippen LogP contribution in [-0.2, 0) is 11.3 Å². The number of nitrogens with one attached hydrogen (secondary N) is 1. The minimum atomic E-state index is -0.0701. The number of aromatic nitrogens is 2. The zero-order valence-corrected chi connectivity index (χ0v) is 11.4. The average Bonchev–Trinajstić information content (AvgIpc) is 3.12. The van der Waals surface area contributed by atoms with E-state index >= 15 is 0 Å². The maximum atomic E-state index is 12.0. The van der Waals surface area contributed by atoms with Crippen LogP contribution < -0.4 is 10.9 Å². The number of halogens is 1. The Bertz CT molecular complexity index is 443. The molecule has 1 aliphatic rings. The Balaban J connectivity index is 2.08. The molecular formula is C11H16BrN3O2. The summed E-state index contributed by atoms with van der Waals surface area (Å²) in [4.78, 5) is 12.0. The molecule has 1 aromatic rings. The molecule has 0 amide bonds. The molecule has 0 unspecified atom stereocenters. The monoisotopic (exact) mass is 301 g/mol. The lowest BCUT2D eigenvalue weighted by Gasteiger charge is -2.09. The summed E-state index contributed by atoms with van der Waals surface area (Å²) >= 11 is 3.32. The standard InChI is InChI=1S/C11H16BrN3O2/c1-17-5-4-13-9-6-14-15(7-8-2-3-8)11(16)10(9)12/h6,8,13H,2-5,7H2,1H3. The summed E-state index contributed by atoms with van der Waals surface area (Å²) in [6, 6.07) is 0. The zero-order chi connectivity index (χ0) is 12.3. The SMILES string of the molecule is COCCNc1cnn(CC2CC2)c(=O)c1Br. The summed E-state index contributed by atoms with van der Waals surface area (Å²) in [6.45, 7) is 1.98. The van der Waals surface area contributed by atoms with Crippen molar-refractivity contribution in [1.82, 2.24) is 9.78 Å². The Hall–Kier alpha value is -0.880. The first-order valence-electron chi connectivity index (χ1n) is 5.71. The highest BCUT2D eigenvalue weighted by Gasteiger charge is 2.23. The van der Waals surface area contributed by atoms with Crippen molar-refractivity contribution in [2.45, 2.75) is 19.4 Å². The third-order valence-corrected chi connectivity index (χ3v) is 3.50. The van der Waals surface area contributed by atoms with Gasteiger partial charge in [0.2, 0.25) is 0 Å². The van der Waals surface area contributed by atoms with Gasteiger partial charge < -0.3 is 10.1 Å². The molecule has 1 fully saturated rings. The highest BCUT2D eigenvalue weighted by molar-refractivity contribution is 9.10. The van der Waals surface area contributed by atoms with Gasteiger partial charge in [0, 0.05) is 20.2 Å². The maximum absolute atomic E-state index is 12.0. The van der Waals surface area contributed by atoms with Gasteiger partial charge in [-0.2, -0.15) is 5.10 Å². The molecule has 0 aromatic carbocycles. The van der Waals surface area contributed by atoms with Gasteiger partial charge in [-0.25, -0.2) is 4.68 Å². The second-order valence-corrected chi connectivity index (χ2v) is 5.02. The summed E-state index contributed by atoms with van der Waals surface area (Å²) in [6.07, 6.45) is 4.10. The lowest BCUT2D eigenvalue weighted by atomic mass is 10.4. The molecule has 0 spiro atoms. The highest BCUT2D eigenvalue weighted by atomic mass is 79.9. The van der Waals surface area contributed by atoms with E-state index in [-0.39, 0.29) is 5.56 Å². The number of nitrogens with zero attached hydrogens (tertiary/aromatic N) is 2. The second kappa shape index (κ2) is 5.64. The second-order valence-electron chi connectivity index (χ2n) is 4.22. The van der Waals surface area contributed by atoms with Crippen LogP contribution >= 0.6 is 15.9 Å². The predicted octanol–water partition coefficient (Wildman–Crippen LogP) is 1.47. The van der Waals surface area contributed by atoms with E-state index in [1.165, 1.54) is 17.5 Å². The van der Waals surface area contributed by atoms with Gasteiger partial charge in [0.1, 0.15) is 4.47 Å². The Morgan fingerprint density at radius 3 is 3.06 bits per heavy atom. The minimum absolute atomic E-state index is 0.0701. The molecule has 2 rings (SSSR count). The van der Waals surface area contributed by atoms with Gasteiger partial charge in [-0.15, -0.1) is 0 Å². The first-order chi connectivity index (χ1) is 8.22. The topological polar surface area (TPSA) is 56.1 Å². The number of rotatable bonds is 6. The molecule has 5 nitrogen and oxygen atoms in total. The van der Waals surface area contributed by atoms with Crippen LogP contribution in [0.1, 0.15) is 12.8 Å². The van der Waals surface area contributed by atoms with Crippen molar-refractivity contribution in [2.75, 3.05) is 25.6 Å². The molecule has 1 aromatic heterocycles. The fourth-order valence-corrected chi connectivity index (χ4v) is 2.00. The van der Waals surface area contributed by atoms with Crippen LogP contribution in [0.5, 0.6) is 0 Å². The zero-order valence-electron chi connectivity index (χ0n) is 9.78. The van der Waals surface area contributed by atoms with Crippen LogP contribution in [0.15, 0.2) is 15.5 Å². The Kier molecular flexibility index (Phi) is 4.17. The van der Waals surface area contributed by atoms with Crippen molar-refractivity contribution in [3.05, 3.63) is 21.0 Å². The molecule has 6 heteroatoms. The van der Waals surface area contributed by atoms with Gasteiger partial charge in [0.15, 0.2) is 0 Å². The van der Waals surface area contributed by atoms with E-state index in [4.69, 9.17) is 4.74 Å². The lowest BCUT2D eigenvalue weighted by Crippen LogP contribution is -2.25. The van der Waals surface area contributed by atoms with E-state index in [0.717, 1.165) is 12.2 Å². The minimum Gasteiger partial charge on any atom is -0.383 e. The number of anilines is 1. The highest BCUT2D eigenvalue weighted by Crippen LogP contribution is 2.30. The van der Waals surface area contributed by atoms with Crippen LogP contribution in [0.3, 0.4) is 0 Å². The molecule has 1 N–H and O–H groups in total. The summed E-state index contributed by atoms with van der Waals surface area (Å²) < 4.78 is 7.01. The number of hydrogen-bond acceptors (Lipinski definition) is 4. The van der Waals surface area contributed by atoms with Crippen LogP contribution in [0.4, 0.5) is 5.69 Å². The molecule has 94 valence electrons. The average molecular weight is 302 g/mol. The van der Waals surface area contributed by atoms with Crippen molar-refractivity contribution in [3.8, 4) is 0 Å². The van der Waals surface area contributed by atoms with E-state index < -0.39 is 0 Å². The van der Waals surface area contributed by atoms with E-state index in [1.807, 2.05) is 0 Å². The maximum Gasteiger partial charge on any atom is 0.283 e. The van der Waals surface area contributed by atoms with Gasteiger partial charge in [-0.05, 0) is 34.7 Å². The van der Waals surface area contributed by atoms with Crippen molar-refractivity contribution in [1.29, 1.82) is 0 Å². The largest absolute Gasteiger partial charge is 0.383 e. The van der Waals surface area contributed by atoms with Gasteiger partial charge in [-0.1, -0.05) is 0 Å². The normalized spacial score (nSPS) is 14.9. The number of hydrogen-bond donors (Lipinski definition) is 1. The first-order valence-corrected chi connectivity index (χ1v) is 6.50. The van der Waals surface area contributed by atoms with Crippen LogP contribution in [0.2, 0.25) is 0 Å². The molecule has 0 aliphatic heterocycles. The van der Waals surface area contributed by atoms with E-state index in [1.54, 1.807) is 13.3 Å². The lowest BCUT2D eigenvalue weighted by molar-refractivity contribution is 0.210. The molecule has 17 heavy (non-hydrogen) atoms. The smallest absolute Gasteiger partial charge is 0.283 e. The fraction of sp³-hybridized carbons (Fsp3) is 0.636. The quantitative estimate of drug-likeness (QED) is 0.809. The summed E-state index contributed by atoms with van der Waals surface area (Å²) in [7, 11) is 1.64. The summed E-state index contributed by atoms with van der Waals surface area (Å²) in [5.74, 6) is 0.638. The van der Waals surface area contributed by atoms with Gasteiger partial charge in [-0.3, -0.25) is 4.79 Å². The van der Waals surface area contributed by atoms with Crippen molar-refractivity contribution in [3.63, 3.8) is 0 Å². The van der Waals surface area contributed by atoms with Crippen molar-refractivity contribution < 1.29 is 4.74 Å². The summed E-state index contributed by atoms with van der Waals surface area (Å²) in [5, 5.41) is 7.27. The fourth-order valence-electron chi connectivity index (χ4n) is 1.55. The molecule has 0 radical (unpaired) electrons. The molecule has 1 heterocycles. The van der Waals surface area contributed by atoms with Crippen molar-refractivity contribution >= 4 is 21.6 Å². The van der Waals surface area contributed by atoms with Gasteiger partial charge in [0.05, 0.1) is 18.5 Å². The van der Waals surface area contributed by atoms with E-state index in [0.29, 0.717) is 23.5 Å². The van der Waals surface area contributed by atoms with Gasteiger partial charge >= 0.3 is 0 Å². The predicted molar refractivity (Wildman–Crippen MR) is 69.3 cm³/mol. The third-order valence-electron chi connectivity index (χ3n) is 2.73. The molecule has 1 aliphatic carbocycles. The van der Waals surface area contributed by atoms with E-state index in [9.17, 15) is 4.79 Å². The number of ether oxygens (including phenoxy) is 1. The van der Waals surface area contributed by atoms with Crippen LogP contribution in [-0.4, -0.2) is 30.0 Å². The van der Waals surface area contributed by atoms with Crippen LogP contribution in [0.25, 0.3) is 0 Å². The van der Waals surface area contributed by atoms with Crippen molar-refractivity contribution in [2.24, 2.45) is 5.92 Å². The van der Waals surface area contributed by atoms with Gasteiger partial charge in [0.25, 0.3) is 5.56 Å². The molecular weight excluding hydrogens is 286 g/mol. The molecule has 1 saturated carbocycles. The molecule has 0 saturated heterocycles.